The zero-order valence-electron chi connectivity index (χ0n) is 9.69. The van der Waals surface area contributed by atoms with E-state index in [1.54, 1.807) is 13.8 Å². The maximum Gasteiger partial charge on any atom is 0.239 e. The number of alkyl halides is 1. The fraction of sp³-hybridized carbons (Fsp3) is 0.800. The van der Waals surface area contributed by atoms with Crippen LogP contribution in [0.25, 0.3) is 0 Å². The normalized spacial score (nSPS) is 11.3. The number of hydrogen-bond donors (Lipinski definition) is 2. The molecular weight excluding hydrogens is 260 g/mol. The summed E-state index contributed by atoms with van der Waals surface area (Å²) in [5, 5.41) is 5.27. The van der Waals surface area contributed by atoms with Gasteiger partial charge in [-0.3, -0.25) is 9.59 Å². The Hall–Kier alpha value is -0.580. The summed E-state index contributed by atoms with van der Waals surface area (Å²) < 4.78 is -0.634. The van der Waals surface area contributed by atoms with Gasteiger partial charge < -0.3 is 10.6 Å². The highest BCUT2D eigenvalue weighted by Gasteiger charge is 2.23. The summed E-state index contributed by atoms with van der Waals surface area (Å²) in [5.41, 5.74) is 0. The van der Waals surface area contributed by atoms with E-state index >= 15 is 0 Å². The van der Waals surface area contributed by atoms with E-state index in [2.05, 4.69) is 26.6 Å². The summed E-state index contributed by atoms with van der Waals surface area (Å²) in [6, 6.07) is 0. The van der Waals surface area contributed by atoms with Crippen molar-refractivity contribution in [3.63, 3.8) is 0 Å². The van der Waals surface area contributed by atoms with Gasteiger partial charge in [0.15, 0.2) is 0 Å². The minimum Gasteiger partial charge on any atom is -0.354 e. The zero-order valence-corrected chi connectivity index (χ0v) is 11.3. The predicted molar refractivity (Wildman–Crippen MR) is 63.9 cm³/mol. The summed E-state index contributed by atoms with van der Waals surface area (Å²) >= 11 is 3.21. The van der Waals surface area contributed by atoms with Gasteiger partial charge in [-0.1, -0.05) is 29.8 Å². The van der Waals surface area contributed by atoms with Crippen molar-refractivity contribution in [1.82, 2.24) is 10.6 Å². The average molecular weight is 279 g/mol. The molecule has 0 unspecified atom stereocenters. The molecule has 0 saturated carbocycles. The lowest BCUT2D eigenvalue weighted by atomic mass is 10.2. The number of amides is 2. The quantitative estimate of drug-likeness (QED) is 0.739. The molecule has 15 heavy (non-hydrogen) atoms. The van der Waals surface area contributed by atoms with Crippen LogP contribution in [0.15, 0.2) is 0 Å². The Balaban J connectivity index is 3.77. The highest BCUT2D eigenvalue weighted by Crippen LogP contribution is 2.14. The lowest BCUT2D eigenvalue weighted by Crippen LogP contribution is -2.43. The molecule has 0 saturated heterocycles. The smallest absolute Gasteiger partial charge is 0.239 e. The molecule has 0 aromatic heterocycles. The Bertz CT molecular complexity index is 234. The maximum atomic E-state index is 11.4. The van der Waals surface area contributed by atoms with Crippen LogP contribution in [-0.2, 0) is 9.59 Å². The molecule has 0 spiro atoms. The third kappa shape index (κ3) is 7.36. The molecule has 0 bridgehead atoms. The highest BCUT2D eigenvalue weighted by molar-refractivity contribution is 9.10. The highest BCUT2D eigenvalue weighted by atomic mass is 79.9. The first kappa shape index (κ1) is 14.4. The molecule has 2 N–H and O–H groups in total. The molecule has 0 aliphatic rings. The molecule has 0 heterocycles. The minimum atomic E-state index is -0.634. The third-order valence-corrected chi connectivity index (χ3v) is 2.02. The van der Waals surface area contributed by atoms with E-state index in [0.717, 1.165) is 0 Å². The Kier molecular flexibility index (Phi) is 5.87. The molecule has 88 valence electrons. The molecule has 0 aliphatic carbocycles. The molecule has 0 aliphatic heterocycles. The third-order valence-electron chi connectivity index (χ3n) is 1.66. The number of carbonyl (C=O) groups is 2. The van der Waals surface area contributed by atoms with Gasteiger partial charge in [0.2, 0.25) is 11.8 Å². The van der Waals surface area contributed by atoms with Gasteiger partial charge in [-0.05, 0) is 19.8 Å². The molecule has 0 aromatic rings. The number of nitrogens with one attached hydrogen (secondary N) is 2. The molecule has 0 radical (unpaired) electrons. The second-order valence-corrected chi connectivity index (χ2v) is 6.34. The van der Waals surface area contributed by atoms with E-state index < -0.39 is 4.32 Å². The lowest BCUT2D eigenvalue weighted by molar-refractivity contribution is -0.126. The fourth-order valence-electron chi connectivity index (χ4n) is 0.751. The number of hydrogen-bond acceptors (Lipinski definition) is 2. The second-order valence-electron chi connectivity index (χ2n) is 4.35. The van der Waals surface area contributed by atoms with Crippen LogP contribution in [0.4, 0.5) is 0 Å². The van der Waals surface area contributed by atoms with Gasteiger partial charge in [0.05, 0.1) is 10.9 Å². The van der Waals surface area contributed by atoms with Gasteiger partial charge in [0.25, 0.3) is 0 Å². The summed E-state index contributed by atoms with van der Waals surface area (Å²) in [6.45, 7) is 8.15. The van der Waals surface area contributed by atoms with E-state index in [4.69, 9.17) is 0 Å². The zero-order chi connectivity index (χ0) is 12.1. The first-order chi connectivity index (χ1) is 6.73. The fourth-order valence-corrected chi connectivity index (χ4v) is 0.891. The monoisotopic (exact) mass is 278 g/mol. The molecule has 4 nitrogen and oxygen atoms in total. The summed E-state index contributed by atoms with van der Waals surface area (Å²) in [4.78, 5) is 22.6. The van der Waals surface area contributed by atoms with Crippen molar-refractivity contribution in [2.24, 2.45) is 5.92 Å². The molecule has 0 aromatic carbocycles. The van der Waals surface area contributed by atoms with Crippen LogP contribution < -0.4 is 10.6 Å². The summed E-state index contributed by atoms with van der Waals surface area (Å²) in [7, 11) is 0. The molecule has 5 heteroatoms. The SMILES string of the molecule is CC(C)CNC(=O)CNC(=O)C(C)(C)Br. The number of carbonyl (C=O) groups excluding carboxylic acids is 2. The first-order valence-corrected chi connectivity index (χ1v) is 5.76. The number of rotatable bonds is 5. The van der Waals surface area contributed by atoms with Gasteiger partial charge in [-0.15, -0.1) is 0 Å². The van der Waals surface area contributed by atoms with Crippen LogP contribution in [0.5, 0.6) is 0 Å². The Labute approximate surface area is 99.3 Å². The predicted octanol–water partition coefficient (Wildman–Crippen LogP) is 1.05. The van der Waals surface area contributed by atoms with Gasteiger partial charge >= 0.3 is 0 Å². The molecule has 0 atom stereocenters. The van der Waals surface area contributed by atoms with Crippen LogP contribution in [-0.4, -0.2) is 29.2 Å². The van der Waals surface area contributed by atoms with Crippen molar-refractivity contribution in [3.05, 3.63) is 0 Å². The Morgan fingerprint density at radius 2 is 1.80 bits per heavy atom. The van der Waals surface area contributed by atoms with Crippen LogP contribution >= 0.6 is 15.9 Å². The Morgan fingerprint density at radius 1 is 1.27 bits per heavy atom. The van der Waals surface area contributed by atoms with Crippen molar-refractivity contribution in [2.45, 2.75) is 32.0 Å². The molecule has 0 rings (SSSR count). The standard InChI is InChI=1S/C10H19BrN2O2/c1-7(2)5-12-8(14)6-13-9(15)10(3,4)11/h7H,5-6H2,1-4H3,(H,12,14)(H,13,15). The maximum absolute atomic E-state index is 11.4. The van der Waals surface area contributed by atoms with Gasteiger partial charge in [-0.2, -0.15) is 0 Å². The van der Waals surface area contributed by atoms with Crippen LogP contribution in [0.1, 0.15) is 27.7 Å². The minimum absolute atomic E-state index is 0.0284. The van der Waals surface area contributed by atoms with E-state index in [9.17, 15) is 9.59 Å². The summed E-state index contributed by atoms with van der Waals surface area (Å²) in [6.07, 6.45) is 0. The van der Waals surface area contributed by atoms with Gasteiger partial charge in [0, 0.05) is 6.54 Å². The van der Waals surface area contributed by atoms with Crippen LogP contribution in [0.2, 0.25) is 0 Å². The first-order valence-electron chi connectivity index (χ1n) is 4.97. The van der Waals surface area contributed by atoms with Crippen molar-refractivity contribution >= 4 is 27.7 Å². The van der Waals surface area contributed by atoms with E-state index in [-0.39, 0.29) is 18.4 Å². The largest absolute Gasteiger partial charge is 0.354 e. The molecule has 2 amide bonds. The van der Waals surface area contributed by atoms with Crippen LogP contribution in [0.3, 0.4) is 0 Å². The lowest BCUT2D eigenvalue weighted by Gasteiger charge is -2.15. The van der Waals surface area contributed by atoms with Crippen LogP contribution in [0, 0.1) is 5.92 Å². The van der Waals surface area contributed by atoms with Crippen molar-refractivity contribution < 1.29 is 9.59 Å². The molecular formula is C10H19BrN2O2. The van der Waals surface area contributed by atoms with Gasteiger partial charge in [0.1, 0.15) is 0 Å². The molecule has 0 fully saturated rings. The van der Waals surface area contributed by atoms with Crippen molar-refractivity contribution in [2.75, 3.05) is 13.1 Å². The topological polar surface area (TPSA) is 58.2 Å². The van der Waals surface area contributed by atoms with E-state index in [0.29, 0.717) is 12.5 Å². The average Bonchev–Trinajstić information content (AvgIpc) is 2.09. The second kappa shape index (κ2) is 6.10. The van der Waals surface area contributed by atoms with E-state index in [1.807, 2.05) is 13.8 Å². The van der Waals surface area contributed by atoms with E-state index in [1.165, 1.54) is 0 Å². The number of halogens is 1. The van der Waals surface area contributed by atoms with Crippen molar-refractivity contribution in [1.29, 1.82) is 0 Å². The summed E-state index contributed by atoms with van der Waals surface area (Å²) in [5.74, 6) is 0.0632. The Morgan fingerprint density at radius 3 is 2.20 bits per heavy atom. The van der Waals surface area contributed by atoms with Crippen molar-refractivity contribution in [3.8, 4) is 0 Å². The van der Waals surface area contributed by atoms with Gasteiger partial charge in [-0.25, -0.2) is 0 Å².